The van der Waals surface area contributed by atoms with E-state index < -0.39 is 20.2 Å². The van der Waals surface area contributed by atoms with Gasteiger partial charge in [0.1, 0.15) is 12.4 Å². The van der Waals surface area contributed by atoms with Crippen LogP contribution in [0.15, 0.2) is 18.2 Å². The monoisotopic (exact) mass is 216 g/mol. The highest BCUT2D eigenvalue weighted by Crippen LogP contribution is 2.12. The Labute approximate surface area is 86.5 Å². The predicted molar refractivity (Wildman–Crippen MR) is 52.5 cm³/mol. The maximum atomic E-state index is 11.8. The molecule has 0 atom stereocenters. The summed E-state index contributed by atoms with van der Waals surface area (Å²) in [6.45, 7) is 0.977. The number of halogens is 2. The highest BCUT2D eigenvalue weighted by atomic mass is 19.3. The summed E-state index contributed by atoms with van der Waals surface area (Å²) in [6, 6.07) is 4.34. The van der Waals surface area contributed by atoms with Crippen LogP contribution in [0.1, 0.15) is 5.56 Å². The van der Waals surface area contributed by atoms with E-state index in [2.05, 4.69) is 0 Å². The van der Waals surface area contributed by atoms with Crippen molar-refractivity contribution < 1.29 is 23.6 Å². The van der Waals surface area contributed by atoms with Crippen molar-refractivity contribution in [2.45, 2.75) is 13.3 Å². The van der Waals surface area contributed by atoms with Crippen LogP contribution in [0.25, 0.3) is 0 Å². The first kappa shape index (κ1) is 11.9. The summed E-state index contributed by atoms with van der Waals surface area (Å²) in [5.74, 6) is 0.289. The van der Waals surface area contributed by atoms with Gasteiger partial charge in [0.05, 0.1) is 0 Å². The van der Waals surface area contributed by atoms with Crippen LogP contribution >= 0.6 is 0 Å². The normalized spacial score (nSPS) is 10.5. The summed E-state index contributed by atoms with van der Waals surface area (Å²) in [7, 11) is -1.56. The third-order valence-electron chi connectivity index (χ3n) is 1.90. The molecule has 0 aliphatic carbocycles. The zero-order chi connectivity index (χ0) is 11.4. The second-order valence-electron chi connectivity index (χ2n) is 3.09. The van der Waals surface area contributed by atoms with E-state index in [1.54, 1.807) is 6.92 Å². The van der Waals surface area contributed by atoms with Gasteiger partial charge in [0.15, 0.2) is 0 Å². The molecule has 0 heterocycles. The molecule has 0 spiro atoms. The Balaban J connectivity index is 2.73. The molecule has 0 saturated heterocycles. The van der Waals surface area contributed by atoms with Gasteiger partial charge in [0.25, 0.3) is 6.43 Å². The Bertz CT molecular complexity index is 331. The van der Waals surface area contributed by atoms with Gasteiger partial charge < -0.3 is 14.8 Å². The van der Waals surface area contributed by atoms with Gasteiger partial charge in [0, 0.05) is 0 Å². The molecular formula is C9H11BF2O3. The molecule has 0 fully saturated rings. The second kappa shape index (κ2) is 5.09. The van der Waals surface area contributed by atoms with E-state index in [0.717, 1.165) is 0 Å². The van der Waals surface area contributed by atoms with Gasteiger partial charge in [-0.05, 0) is 30.1 Å². The number of hydrogen-bond acceptors (Lipinski definition) is 3. The number of ether oxygens (including phenoxy) is 1. The Morgan fingerprint density at radius 3 is 2.53 bits per heavy atom. The summed E-state index contributed by atoms with van der Waals surface area (Å²) in [4.78, 5) is 0. The minimum absolute atomic E-state index is 0.289. The fraction of sp³-hybridized carbons (Fsp3) is 0.333. The average molecular weight is 216 g/mol. The Morgan fingerprint density at radius 2 is 2.07 bits per heavy atom. The van der Waals surface area contributed by atoms with Gasteiger partial charge in [-0.2, -0.15) is 0 Å². The van der Waals surface area contributed by atoms with Crippen LogP contribution < -0.4 is 10.2 Å². The lowest BCUT2D eigenvalue weighted by Gasteiger charge is -2.09. The van der Waals surface area contributed by atoms with Gasteiger partial charge in [-0.1, -0.05) is 6.07 Å². The number of hydrogen-bond donors (Lipinski definition) is 2. The van der Waals surface area contributed by atoms with Crippen LogP contribution in [-0.4, -0.2) is 30.2 Å². The van der Waals surface area contributed by atoms with Crippen LogP contribution in [0.3, 0.4) is 0 Å². The van der Waals surface area contributed by atoms with Crippen molar-refractivity contribution in [2.75, 3.05) is 6.61 Å². The molecule has 0 radical (unpaired) electrons. The largest absolute Gasteiger partial charge is 0.488 e. The first-order valence-corrected chi connectivity index (χ1v) is 4.38. The van der Waals surface area contributed by atoms with Crippen molar-refractivity contribution in [1.82, 2.24) is 0 Å². The smallest absolute Gasteiger partial charge is 0.488 e. The third-order valence-corrected chi connectivity index (χ3v) is 1.90. The SMILES string of the molecule is Cc1cc(OCC(F)F)ccc1B(O)O. The fourth-order valence-electron chi connectivity index (χ4n) is 1.19. The van der Waals surface area contributed by atoms with Crippen LogP contribution in [0.5, 0.6) is 5.75 Å². The van der Waals surface area contributed by atoms with Crippen LogP contribution in [-0.2, 0) is 0 Å². The first-order valence-electron chi connectivity index (χ1n) is 4.38. The van der Waals surface area contributed by atoms with Crippen LogP contribution in [0, 0.1) is 6.92 Å². The molecule has 0 saturated carbocycles. The highest BCUT2D eigenvalue weighted by Gasteiger charge is 2.14. The van der Waals surface area contributed by atoms with Crippen molar-refractivity contribution in [3.63, 3.8) is 0 Å². The molecule has 0 bridgehead atoms. The molecule has 2 N–H and O–H groups in total. The van der Waals surface area contributed by atoms with Gasteiger partial charge in [-0.3, -0.25) is 0 Å². The van der Waals surface area contributed by atoms with Gasteiger partial charge >= 0.3 is 7.12 Å². The summed E-state index contributed by atoms with van der Waals surface area (Å²) >= 11 is 0. The molecule has 0 aromatic heterocycles. The molecule has 1 aromatic carbocycles. The quantitative estimate of drug-likeness (QED) is 0.712. The van der Waals surface area contributed by atoms with E-state index in [1.807, 2.05) is 0 Å². The van der Waals surface area contributed by atoms with Gasteiger partial charge in [-0.25, -0.2) is 8.78 Å². The summed E-state index contributed by atoms with van der Waals surface area (Å²) < 4.78 is 28.4. The molecule has 0 aliphatic heterocycles. The zero-order valence-electron chi connectivity index (χ0n) is 8.15. The molecule has 1 aromatic rings. The van der Waals surface area contributed by atoms with E-state index in [4.69, 9.17) is 14.8 Å². The maximum absolute atomic E-state index is 11.8. The minimum Gasteiger partial charge on any atom is -0.488 e. The topological polar surface area (TPSA) is 49.7 Å². The number of rotatable bonds is 4. The van der Waals surface area contributed by atoms with Gasteiger partial charge in [0.2, 0.25) is 0 Å². The molecule has 6 heteroatoms. The van der Waals surface area contributed by atoms with Crippen LogP contribution in [0.4, 0.5) is 8.78 Å². The van der Waals surface area contributed by atoms with Crippen molar-refractivity contribution in [2.24, 2.45) is 0 Å². The van der Waals surface area contributed by atoms with E-state index in [0.29, 0.717) is 11.0 Å². The summed E-state index contributed by atoms with van der Waals surface area (Å²) in [5.41, 5.74) is 0.913. The van der Waals surface area contributed by atoms with Crippen molar-refractivity contribution in [1.29, 1.82) is 0 Å². The van der Waals surface area contributed by atoms with Crippen molar-refractivity contribution in [3.8, 4) is 5.75 Å². The molecular weight excluding hydrogens is 205 g/mol. The van der Waals surface area contributed by atoms with Crippen molar-refractivity contribution in [3.05, 3.63) is 23.8 Å². The summed E-state index contributed by atoms with van der Waals surface area (Å²) in [5, 5.41) is 17.8. The molecule has 3 nitrogen and oxygen atoms in total. The maximum Gasteiger partial charge on any atom is 0.488 e. The Kier molecular flexibility index (Phi) is 4.05. The van der Waals surface area contributed by atoms with E-state index in [-0.39, 0.29) is 5.75 Å². The molecule has 1 rings (SSSR count). The lowest BCUT2D eigenvalue weighted by Crippen LogP contribution is -2.31. The predicted octanol–water partition coefficient (Wildman–Crippen LogP) is 0.319. The highest BCUT2D eigenvalue weighted by molar-refractivity contribution is 6.59. The molecule has 0 amide bonds. The first-order chi connectivity index (χ1) is 7.00. The number of benzene rings is 1. The standard InChI is InChI=1S/C9H11BF2O3/c1-6-4-7(15-5-9(11)12)2-3-8(6)10(13)14/h2-4,9,13-14H,5H2,1H3. The Morgan fingerprint density at radius 1 is 1.40 bits per heavy atom. The molecule has 0 unspecified atom stereocenters. The Hall–Kier alpha value is -1.14. The van der Waals surface area contributed by atoms with E-state index in [1.165, 1.54) is 18.2 Å². The second-order valence-corrected chi connectivity index (χ2v) is 3.09. The lowest BCUT2D eigenvalue weighted by molar-refractivity contribution is 0.0819. The van der Waals surface area contributed by atoms with Crippen molar-refractivity contribution >= 4 is 12.6 Å². The lowest BCUT2D eigenvalue weighted by atomic mass is 9.77. The third kappa shape index (κ3) is 3.49. The fourth-order valence-corrected chi connectivity index (χ4v) is 1.19. The number of alkyl halides is 2. The molecule has 15 heavy (non-hydrogen) atoms. The molecule has 82 valence electrons. The van der Waals surface area contributed by atoms with Crippen LogP contribution in [0.2, 0.25) is 0 Å². The van der Waals surface area contributed by atoms with Gasteiger partial charge in [-0.15, -0.1) is 0 Å². The summed E-state index contributed by atoms with van der Waals surface area (Å²) in [6.07, 6.45) is -2.52. The van der Waals surface area contributed by atoms with E-state index >= 15 is 0 Å². The zero-order valence-corrected chi connectivity index (χ0v) is 8.15. The van der Waals surface area contributed by atoms with E-state index in [9.17, 15) is 8.78 Å². The average Bonchev–Trinajstić information content (AvgIpc) is 2.14. The minimum atomic E-state index is -2.52. The molecule has 0 aliphatic rings. The number of aryl methyl sites for hydroxylation is 1.